The Kier molecular flexibility index (Phi) is 4.67. The van der Waals surface area contributed by atoms with Crippen molar-refractivity contribution in [3.05, 3.63) is 69.4 Å². The molecule has 0 saturated carbocycles. The standard InChI is InChI=1S/C15H11BrF3NO/c1-8(9-2-4-13(18)14(19)6-9)20-15(21)11-7-10(16)3-5-12(11)17/h2-8H,1H3,(H,20,21). The molecule has 0 heterocycles. The molecule has 1 amide bonds. The van der Waals surface area contributed by atoms with Crippen LogP contribution in [-0.2, 0) is 0 Å². The topological polar surface area (TPSA) is 29.1 Å². The van der Waals surface area contributed by atoms with Crippen molar-refractivity contribution in [3.63, 3.8) is 0 Å². The third kappa shape index (κ3) is 3.64. The number of carbonyl (C=O) groups is 1. The molecular weight excluding hydrogens is 347 g/mol. The maximum atomic E-state index is 13.6. The van der Waals surface area contributed by atoms with Crippen LogP contribution in [0, 0.1) is 17.5 Å². The van der Waals surface area contributed by atoms with Gasteiger partial charge in [0.25, 0.3) is 5.91 Å². The molecule has 1 unspecified atom stereocenters. The molecule has 1 atom stereocenters. The van der Waals surface area contributed by atoms with E-state index < -0.39 is 29.4 Å². The molecular formula is C15H11BrF3NO. The molecule has 2 aromatic rings. The Bertz CT molecular complexity index is 691. The van der Waals surface area contributed by atoms with Gasteiger partial charge in [0, 0.05) is 4.47 Å². The van der Waals surface area contributed by atoms with Gasteiger partial charge in [-0.3, -0.25) is 4.79 Å². The molecule has 2 rings (SSSR count). The van der Waals surface area contributed by atoms with E-state index >= 15 is 0 Å². The van der Waals surface area contributed by atoms with E-state index in [1.54, 1.807) is 6.92 Å². The van der Waals surface area contributed by atoms with Crippen LogP contribution in [-0.4, -0.2) is 5.91 Å². The van der Waals surface area contributed by atoms with Crippen molar-refractivity contribution in [1.82, 2.24) is 5.32 Å². The summed E-state index contributed by atoms with van der Waals surface area (Å²) in [5.74, 6) is -3.25. The van der Waals surface area contributed by atoms with Crippen molar-refractivity contribution in [2.24, 2.45) is 0 Å². The fourth-order valence-corrected chi connectivity index (χ4v) is 2.17. The minimum atomic E-state index is -0.998. The van der Waals surface area contributed by atoms with E-state index in [0.29, 0.717) is 10.0 Å². The van der Waals surface area contributed by atoms with Crippen LogP contribution in [0.15, 0.2) is 40.9 Å². The molecule has 0 bridgehead atoms. The zero-order chi connectivity index (χ0) is 15.6. The molecule has 1 N–H and O–H groups in total. The van der Waals surface area contributed by atoms with E-state index in [-0.39, 0.29) is 5.56 Å². The van der Waals surface area contributed by atoms with Crippen molar-refractivity contribution < 1.29 is 18.0 Å². The van der Waals surface area contributed by atoms with Crippen LogP contribution in [0.1, 0.15) is 28.9 Å². The van der Waals surface area contributed by atoms with E-state index in [9.17, 15) is 18.0 Å². The van der Waals surface area contributed by atoms with Crippen LogP contribution in [0.4, 0.5) is 13.2 Å². The van der Waals surface area contributed by atoms with Gasteiger partial charge in [-0.25, -0.2) is 13.2 Å². The van der Waals surface area contributed by atoms with Gasteiger partial charge < -0.3 is 5.32 Å². The van der Waals surface area contributed by atoms with Gasteiger partial charge in [-0.05, 0) is 42.8 Å². The monoisotopic (exact) mass is 357 g/mol. The van der Waals surface area contributed by atoms with Crippen LogP contribution >= 0.6 is 15.9 Å². The molecule has 2 aromatic carbocycles. The lowest BCUT2D eigenvalue weighted by Crippen LogP contribution is -2.27. The Morgan fingerprint density at radius 2 is 1.71 bits per heavy atom. The Morgan fingerprint density at radius 3 is 2.38 bits per heavy atom. The van der Waals surface area contributed by atoms with Crippen LogP contribution in [0.25, 0.3) is 0 Å². The first-order valence-electron chi connectivity index (χ1n) is 6.09. The van der Waals surface area contributed by atoms with Crippen LogP contribution < -0.4 is 5.32 Å². The molecule has 0 aliphatic rings. The molecule has 0 aliphatic heterocycles. The second kappa shape index (κ2) is 6.30. The van der Waals surface area contributed by atoms with Crippen molar-refractivity contribution in [2.75, 3.05) is 0 Å². The van der Waals surface area contributed by atoms with E-state index in [4.69, 9.17) is 0 Å². The molecule has 0 radical (unpaired) electrons. The number of nitrogens with one attached hydrogen (secondary N) is 1. The third-order valence-corrected chi connectivity index (χ3v) is 3.46. The number of hydrogen-bond acceptors (Lipinski definition) is 1. The average molecular weight is 358 g/mol. The van der Waals surface area contributed by atoms with Gasteiger partial charge in [-0.15, -0.1) is 0 Å². The zero-order valence-corrected chi connectivity index (χ0v) is 12.5. The molecule has 0 fully saturated rings. The molecule has 21 heavy (non-hydrogen) atoms. The molecule has 6 heteroatoms. The summed E-state index contributed by atoms with van der Waals surface area (Å²) in [4.78, 5) is 12.0. The number of amides is 1. The summed E-state index contributed by atoms with van der Waals surface area (Å²) in [6, 6.07) is 6.74. The van der Waals surface area contributed by atoms with Crippen molar-refractivity contribution in [1.29, 1.82) is 0 Å². The number of rotatable bonds is 3. The number of carbonyl (C=O) groups excluding carboxylic acids is 1. The van der Waals surface area contributed by atoms with Crippen molar-refractivity contribution in [3.8, 4) is 0 Å². The zero-order valence-electron chi connectivity index (χ0n) is 11.0. The van der Waals surface area contributed by atoms with E-state index in [2.05, 4.69) is 21.2 Å². The van der Waals surface area contributed by atoms with Gasteiger partial charge in [0.05, 0.1) is 11.6 Å². The highest BCUT2D eigenvalue weighted by molar-refractivity contribution is 9.10. The van der Waals surface area contributed by atoms with E-state index in [0.717, 1.165) is 12.1 Å². The summed E-state index contributed by atoms with van der Waals surface area (Å²) in [5, 5.41) is 2.54. The molecule has 0 aromatic heterocycles. The fraction of sp³-hybridized carbons (Fsp3) is 0.133. The highest BCUT2D eigenvalue weighted by atomic mass is 79.9. The predicted octanol–water partition coefficient (Wildman–Crippen LogP) is 4.36. The maximum absolute atomic E-state index is 13.6. The Labute approximate surface area is 128 Å². The molecule has 0 aliphatic carbocycles. The van der Waals surface area contributed by atoms with Gasteiger partial charge >= 0.3 is 0 Å². The van der Waals surface area contributed by atoms with Gasteiger partial charge in [0.15, 0.2) is 11.6 Å². The van der Waals surface area contributed by atoms with E-state index in [1.165, 1.54) is 24.3 Å². The minimum Gasteiger partial charge on any atom is -0.345 e. The van der Waals surface area contributed by atoms with Crippen molar-refractivity contribution >= 4 is 21.8 Å². The Balaban J connectivity index is 2.18. The first kappa shape index (κ1) is 15.6. The van der Waals surface area contributed by atoms with Crippen LogP contribution in [0.5, 0.6) is 0 Å². The van der Waals surface area contributed by atoms with E-state index in [1.807, 2.05) is 0 Å². The lowest BCUT2D eigenvalue weighted by Gasteiger charge is -2.15. The normalized spacial score (nSPS) is 12.0. The Hall–Kier alpha value is -1.82. The SMILES string of the molecule is CC(NC(=O)c1cc(Br)ccc1F)c1ccc(F)c(F)c1. The summed E-state index contributed by atoms with van der Waals surface area (Å²) < 4.78 is 40.2. The molecule has 2 nitrogen and oxygen atoms in total. The number of halogens is 4. The number of benzene rings is 2. The van der Waals surface area contributed by atoms with Gasteiger partial charge in [-0.1, -0.05) is 22.0 Å². The summed E-state index contributed by atoms with van der Waals surface area (Å²) >= 11 is 3.16. The Morgan fingerprint density at radius 1 is 1.05 bits per heavy atom. The molecule has 110 valence electrons. The maximum Gasteiger partial charge on any atom is 0.254 e. The van der Waals surface area contributed by atoms with Gasteiger partial charge in [0.2, 0.25) is 0 Å². The van der Waals surface area contributed by atoms with Crippen LogP contribution in [0.3, 0.4) is 0 Å². The highest BCUT2D eigenvalue weighted by Crippen LogP contribution is 2.19. The third-order valence-electron chi connectivity index (χ3n) is 2.96. The smallest absolute Gasteiger partial charge is 0.254 e. The molecule has 0 spiro atoms. The quantitative estimate of drug-likeness (QED) is 0.868. The molecule has 0 saturated heterocycles. The highest BCUT2D eigenvalue weighted by Gasteiger charge is 2.16. The average Bonchev–Trinajstić information content (AvgIpc) is 2.44. The van der Waals surface area contributed by atoms with Gasteiger partial charge in [-0.2, -0.15) is 0 Å². The second-order valence-electron chi connectivity index (χ2n) is 4.49. The first-order chi connectivity index (χ1) is 9.88. The predicted molar refractivity (Wildman–Crippen MR) is 76.3 cm³/mol. The second-order valence-corrected chi connectivity index (χ2v) is 5.41. The summed E-state index contributed by atoms with van der Waals surface area (Å²) in [5.41, 5.74) is 0.261. The first-order valence-corrected chi connectivity index (χ1v) is 6.88. The summed E-state index contributed by atoms with van der Waals surface area (Å²) in [6.45, 7) is 1.60. The van der Waals surface area contributed by atoms with Gasteiger partial charge in [0.1, 0.15) is 5.82 Å². The van der Waals surface area contributed by atoms with Crippen molar-refractivity contribution in [2.45, 2.75) is 13.0 Å². The minimum absolute atomic E-state index is 0.126. The van der Waals surface area contributed by atoms with Crippen LogP contribution in [0.2, 0.25) is 0 Å². The lowest BCUT2D eigenvalue weighted by molar-refractivity contribution is 0.0935. The largest absolute Gasteiger partial charge is 0.345 e. The lowest BCUT2D eigenvalue weighted by atomic mass is 10.1. The fourth-order valence-electron chi connectivity index (χ4n) is 1.81. The number of hydrogen-bond donors (Lipinski definition) is 1. The summed E-state index contributed by atoms with van der Waals surface area (Å²) in [7, 11) is 0. The summed E-state index contributed by atoms with van der Waals surface area (Å²) in [6.07, 6.45) is 0.